The fraction of sp³-hybridized carbons (Fsp3) is 0.500. The van der Waals surface area contributed by atoms with Crippen LogP contribution in [-0.2, 0) is 4.79 Å². The summed E-state index contributed by atoms with van der Waals surface area (Å²) in [6.07, 6.45) is 8.42. The summed E-state index contributed by atoms with van der Waals surface area (Å²) in [5.41, 5.74) is 0. The van der Waals surface area contributed by atoms with Crippen molar-refractivity contribution in [3.05, 3.63) is 29.9 Å². The van der Waals surface area contributed by atoms with E-state index in [9.17, 15) is 4.79 Å². The highest BCUT2D eigenvalue weighted by Crippen LogP contribution is 2.26. The van der Waals surface area contributed by atoms with Crippen LogP contribution >= 0.6 is 11.3 Å². The molecule has 0 radical (unpaired) electrons. The molecule has 0 aliphatic carbocycles. The van der Waals surface area contributed by atoms with Gasteiger partial charge in [0.1, 0.15) is 6.04 Å². The van der Waals surface area contributed by atoms with Crippen LogP contribution < -0.4 is 0 Å². The number of hydrogen-bond acceptors (Lipinski definition) is 3. The summed E-state index contributed by atoms with van der Waals surface area (Å²) in [6.45, 7) is 3.77. The van der Waals surface area contributed by atoms with Crippen molar-refractivity contribution >= 4 is 17.2 Å². The minimum atomic E-state index is -0.192. The number of nitrogens with zero attached hydrogens (tertiary/aromatic N) is 3. The number of likely N-dealkylation sites (tertiary alicyclic amines) is 1. The van der Waals surface area contributed by atoms with Crippen molar-refractivity contribution in [2.24, 2.45) is 0 Å². The second-order valence-electron chi connectivity index (χ2n) is 5.55. The summed E-state index contributed by atoms with van der Waals surface area (Å²) in [6, 6.07) is 3.87. The van der Waals surface area contributed by atoms with Crippen molar-refractivity contribution in [3.8, 4) is 10.7 Å². The number of hydrogen-bond donors (Lipinski definition) is 0. The lowest BCUT2D eigenvalue weighted by atomic mass is 10.2. The van der Waals surface area contributed by atoms with Crippen molar-refractivity contribution in [3.63, 3.8) is 0 Å². The second kappa shape index (κ2) is 6.43. The first kappa shape index (κ1) is 14.3. The van der Waals surface area contributed by atoms with Gasteiger partial charge in [-0.1, -0.05) is 18.9 Å². The molecule has 1 atom stereocenters. The number of aromatic nitrogens is 2. The number of carbonyl (C=O) groups excluding carboxylic acids is 1. The van der Waals surface area contributed by atoms with E-state index in [0.717, 1.165) is 36.6 Å². The van der Waals surface area contributed by atoms with Crippen molar-refractivity contribution in [1.29, 1.82) is 0 Å². The molecule has 1 aliphatic rings. The number of amides is 1. The summed E-state index contributed by atoms with van der Waals surface area (Å²) in [5.74, 6) is 1.10. The van der Waals surface area contributed by atoms with E-state index in [0.29, 0.717) is 0 Å². The minimum Gasteiger partial charge on any atom is -0.341 e. The average Bonchev–Trinajstić information content (AvgIpc) is 3.11. The third-order valence-corrected chi connectivity index (χ3v) is 4.97. The highest BCUT2D eigenvalue weighted by atomic mass is 32.1. The maximum atomic E-state index is 12.8. The molecule has 1 aliphatic heterocycles. The molecule has 0 aromatic carbocycles. The van der Waals surface area contributed by atoms with Crippen LogP contribution in [0.15, 0.2) is 29.9 Å². The molecule has 1 amide bonds. The van der Waals surface area contributed by atoms with E-state index in [-0.39, 0.29) is 11.9 Å². The molecule has 2 aromatic heterocycles. The monoisotopic (exact) mass is 303 g/mol. The lowest BCUT2D eigenvalue weighted by Gasteiger charge is -2.25. The topological polar surface area (TPSA) is 38.1 Å². The molecule has 0 N–H and O–H groups in total. The van der Waals surface area contributed by atoms with Gasteiger partial charge in [0, 0.05) is 25.5 Å². The predicted octanol–water partition coefficient (Wildman–Crippen LogP) is 3.58. The maximum Gasteiger partial charge on any atom is 0.245 e. The molecule has 3 rings (SSSR count). The van der Waals surface area contributed by atoms with Gasteiger partial charge in [0.2, 0.25) is 5.91 Å². The molecule has 3 heterocycles. The first-order chi connectivity index (χ1) is 10.3. The van der Waals surface area contributed by atoms with Crippen molar-refractivity contribution in [2.45, 2.75) is 38.6 Å². The third-order valence-electron chi connectivity index (χ3n) is 4.10. The van der Waals surface area contributed by atoms with Gasteiger partial charge < -0.3 is 9.47 Å². The Morgan fingerprint density at radius 2 is 2.05 bits per heavy atom. The SMILES string of the molecule is CC(C(=O)N1CCCCCC1)n1ccnc1-c1cccs1. The zero-order chi connectivity index (χ0) is 14.7. The Morgan fingerprint density at radius 1 is 1.29 bits per heavy atom. The number of imidazole rings is 1. The number of thiophene rings is 1. The lowest BCUT2D eigenvalue weighted by Crippen LogP contribution is -2.37. The van der Waals surface area contributed by atoms with E-state index in [1.165, 1.54) is 12.8 Å². The molecule has 1 saturated heterocycles. The van der Waals surface area contributed by atoms with E-state index in [1.807, 2.05) is 40.1 Å². The Morgan fingerprint density at radius 3 is 2.71 bits per heavy atom. The zero-order valence-corrected chi connectivity index (χ0v) is 13.2. The summed E-state index contributed by atoms with van der Waals surface area (Å²) in [5, 5.41) is 2.04. The summed E-state index contributed by atoms with van der Waals surface area (Å²) < 4.78 is 2.00. The molecule has 5 heteroatoms. The summed E-state index contributed by atoms with van der Waals surface area (Å²) >= 11 is 1.65. The van der Waals surface area contributed by atoms with Gasteiger partial charge in [-0.2, -0.15) is 0 Å². The lowest BCUT2D eigenvalue weighted by molar-refractivity contribution is -0.134. The number of carbonyl (C=O) groups is 1. The molecule has 0 saturated carbocycles. The Kier molecular flexibility index (Phi) is 4.39. The summed E-state index contributed by atoms with van der Waals surface area (Å²) in [7, 11) is 0. The standard InChI is InChI=1S/C16H21N3OS/c1-13(16(20)18-9-4-2-3-5-10-18)19-11-8-17-15(19)14-7-6-12-21-14/h6-8,11-13H,2-5,9-10H2,1H3. The fourth-order valence-corrected chi connectivity index (χ4v) is 3.62. The quantitative estimate of drug-likeness (QED) is 0.869. The average molecular weight is 303 g/mol. The van der Waals surface area contributed by atoms with E-state index in [1.54, 1.807) is 17.5 Å². The highest BCUT2D eigenvalue weighted by Gasteiger charge is 2.24. The van der Waals surface area contributed by atoms with Crippen LogP contribution in [-0.4, -0.2) is 33.4 Å². The van der Waals surface area contributed by atoms with Crippen LogP contribution in [0.5, 0.6) is 0 Å². The molecule has 1 unspecified atom stereocenters. The van der Waals surface area contributed by atoms with Gasteiger partial charge in [0.15, 0.2) is 5.82 Å². The van der Waals surface area contributed by atoms with Gasteiger partial charge in [-0.05, 0) is 31.2 Å². The Balaban J connectivity index is 1.80. The molecule has 112 valence electrons. The molecular weight excluding hydrogens is 282 g/mol. The van der Waals surface area contributed by atoms with Gasteiger partial charge >= 0.3 is 0 Å². The summed E-state index contributed by atoms with van der Waals surface area (Å²) in [4.78, 5) is 20.3. The minimum absolute atomic E-state index is 0.192. The van der Waals surface area contributed by atoms with Gasteiger partial charge in [-0.25, -0.2) is 4.98 Å². The van der Waals surface area contributed by atoms with Crippen molar-refractivity contribution in [2.75, 3.05) is 13.1 Å². The Bertz CT molecular complexity index is 582. The van der Waals surface area contributed by atoms with Gasteiger partial charge in [0.25, 0.3) is 0 Å². The largest absolute Gasteiger partial charge is 0.341 e. The Labute approximate surface area is 129 Å². The van der Waals surface area contributed by atoms with Gasteiger partial charge in [0.05, 0.1) is 4.88 Å². The van der Waals surface area contributed by atoms with Crippen molar-refractivity contribution in [1.82, 2.24) is 14.5 Å². The third kappa shape index (κ3) is 3.02. The smallest absolute Gasteiger partial charge is 0.245 e. The highest BCUT2D eigenvalue weighted by molar-refractivity contribution is 7.13. The predicted molar refractivity (Wildman–Crippen MR) is 85.3 cm³/mol. The van der Waals surface area contributed by atoms with E-state index in [4.69, 9.17) is 0 Å². The molecule has 4 nitrogen and oxygen atoms in total. The first-order valence-electron chi connectivity index (χ1n) is 7.63. The zero-order valence-electron chi connectivity index (χ0n) is 12.4. The molecule has 2 aromatic rings. The van der Waals surface area contributed by atoms with Crippen molar-refractivity contribution < 1.29 is 4.79 Å². The van der Waals surface area contributed by atoms with Crippen LogP contribution in [0.1, 0.15) is 38.6 Å². The molecule has 0 spiro atoms. The molecule has 0 bridgehead atoms. The first-order valence-corrected chi connectivity index (χ1v) is 8.51. The van der Waals surface area contributed by atoms with E-state index >= 15 is 0 Å². The van der Waals surface area contributed by atoms with E-state index in [2.05, 4.69) is 4.98 Å². The molecule has 1 fully saturated rings. The molecular formula is C16H21N3OS. The number of rotatable bonds is 3. The molecule has 21 heavy (non-hydrogen) atoms. The van der Waals surface area contributed by atoms with Crippen LogP contribution in [0.3, 0.4) is 0 Å². The Hall–Kier alpha value is -1.62. The second-order valence-corrected chi connectivity index (χ2v) is 6.50. The van der Waals surface area contributed by atoms with E-state index < -0.39 is 0 Å². The van der Waals surface area contributed by atoms with Gasteiger partial charge in [-0.15, -0.1) is 11.3 Å². The normalized spacial score (nSPS) is 17.5. The fourth-order valence-electron chi connectivity index (χ4n) is 2.90. The van der Waals surface area contributed by atoms with Crippen LogP contribution in [0, 0.1) is 0 Å². The van der Waals surface area contributed by atoms with Gasteiger partial charge in [-0.3, -0.25) is 4.79 Å². The van der Waals surface area contributed by atoms with Crippen LogP contribution in [0.25, 0.3) is 10.7 Å². The van der Waals surface area contributed by atoms with Crippen LogP contribution in [0.4, 0.5) is 0 Å². The maximum absolute atomic E-state index is 12.8. The van der Waals surface area contributed by atoms with Crippen LogP contribution in [0.2, 0.25) is 0 Å².